The van der Waals surface area contributed by atoms with Gasteiger partial charge in [-0.25, -0.2) is 18.4 Å². The normalized spacial score (nSPS) is 25.2. The van der Waals surface area contributed by atoms with Gasteiger partial charge in [0.1, 0.15) is 23.7 Å². The first-order chi connectivity index (χ1) is 18.4. The smallest absolute Gasteiger partial charge is 0.340 e. The number of carbonyl (C=O) groups is 2. The van der Waals surface area contributed by atoms with Gasteiger partial charge in [-0.05, 0) is 100 Å². The van der Waals surface area contributed by atoms with Gasteiger partial charge in [-0.2, -0.15) is 0 Å². The number of hydrogen-bond donors (Lipinski definition) is 0. The monoisotopic (exact) mass is 538 g/mol. The molecule has 2 saturated carbocycles. The summed E-state index contributed by atoms with van der Waals surface area (Å²) in [5.74, 6) is 0.885. The van der Waals surface area contributed by atoms with Crippen molar-refractivity contribution < 1.29 is 37.3 Å². The molecule has 214 valence electrons. The Morgan fingerprint density at radius 1 is 0.684 bits per heavy atom. The van der Waals surface area contributed by atoms with E-state index in [0.29, 0.717) is 37.9 Å². The standard InChI is InChI=1S/C30H44F2O6/c1-3-5-27(31)29(33)37-25-11-7-21(8-12-25)19-35-23-15-17-24(18-16-23)36-20-22-9-13-26(14-10-22)38-30(34)28(32)6-4-2/h15-18,21-22,25-28H,3-14,19-20H2,1-2H3. The van der Waals surface area contributed by atoms with E-state index < -0.39 is 24.3 Å². The predicted octanol–water partition coefficient (Wildman–Crippen LogP) is 6.92. The third-order valence-electron chi connectivity index (χ3n) is 7.54. The topological polar surface area (TPSA) is 71.1 Å². The molecule has 0 amide bonds. The second-order valence-corrected chi connectivity index (χ2v) is 10.8. The Labute approximate surface area is 225 Å². The van der Waals surface area contributed by atoms with Crippen LogP contribution in [0.4, 0.5) is 8.78 Å². The molecule has 1 aromatic carbocycles. The van der Waals surface area contributed by atoms with Crippen LogP contribution in [0.25, 0.3) is 0 Å². The van der Waals surface area contributed by atoms with E-state index >= 15 is 0 Å². The summed E-state index contributed by atoms with van der Waals surface area (Å²) in [5, 5.41) is 0. The minimum absolute atomic E-state index is 0.191. The van der Waals surface area contributed by atoms with Gasteiger partial charge in [0, 0.05) is 0 Å². The lowest BCUT2D eigenvalue weighted by Gasteiger charge is -2.29. The molecule has 2 fully saturated rings. The first-order valence-corrected chi connectivity index (χ1v) is 14.4. The molecule has 0 heterocycles. The molecule has 0 bridgehead atoms. The summed E-state index contributed by atoms with van der Waals surface area (Å²) in [4.78, 5) is 23.6. The van der Waals surface area contributed by atoms with Crippen LogP contribution in [0.2, 0.25) is 0 Å². The fourth-order valence-electron chi connectivity index (χ4n) is 5.11. The molecule has 0 aromatic heterocycles. The highest BCUT2D eigenvalue weighted by Crippen LogP contribution is 2.30. The lowest BCUT2D eigenvalue weighted by Crippen LogP contribution is -2.30. The lowest BCUT2D eigenvalue weighted by atomic mass is 9.88. The fraction of sp³-hybridized carbons (Fsp3) is 0.733. The first-order valence-electron chi connectivity index (χ1n) is 14.4. The molecule has 2 aliphatic rings. The number of rotatable bonds is 14. The van der Waals surface area contributed by atoms with E-state index in [2.05, 4.69) is 0 Å². The van der Waals surface area contributed by atoms with Gasteiger partial charge in [0.05, 0.1) is 13.2 Å². The van der Waals surface area contributed by atoms with Crippen LogP contribution >= 0.6 is 0 Å². The lowest BCUT2D eigenvalue weighted by molar-refractivity contribution is -0.158. The van der Waals surface area contributed by atoms with Crippen molar-refractivity contribution in [2.45, 2.75) is 115 Å². The quantitative estimate of drug-likeness (QED) is 0.239. The molecule has 2 aliphatic carbocycles. The van der Waals surface area contributed by atoms with Crippen molar-refractivity contribution in [2.24, 2.45) is 11.8 Å². The molecule has 3 rings (SSSR count). The summed E-state index contributed by atoms with van der Waals surface area (Å²) in [6, 6.07) is 7.60. The largest absolute Gasteiger partial charge is 0.493 e. The van der Waals surface area contributed by atoms with Gasteiger partial charge in [-0.1, -0.05) is 26.7 Å². The van der Waals surface area contributed by atoms with Crippen molar-refractivity contribution in [1.82, 2.24) is 0 Å². The van der Waals surface area contributed by atoms with Gasteiger partial charge in [0.25, 0.3) is 0 Å². The average Bonchev–Trinajstić information content (AvgIpc) is 2.93. The Bertz CT molecular complexity index is 763. The highest BCUT2D eigenvalue weighted by atomic mass is 19.1. The van der Waals surface area contributed by atoms with Crippen LogP contribution in [-0.2, 0) is 19.1 Å². The average molecular weight is 539 g/mol. The minimum atomic E-state index is -1.51. The second kappa shape index (κ2) is 15.9. The van der Waals surface area contributed by atoms with Crippen molar-refractivity contribution >= 4 is 11.9 Å². The molecular weight excluding hydrogens is 494 g/mol. The number of esters is 2. The molecule has 6 nitrogen and oxygen atoms in total. The van der Waals surface area contributed by atoms with Gasteiger partial charge >= 0.3 is 11.9 Å². The number of hydrogen-bond acceptors (Lipinski definition) is 6. The maximum Gasteiger partial charge on any atom is 0.340 e. The van der Waals surface area contributed by atoms with Crippen molar-refractivity contribution in [2.75, 3.05) is 13.2 Å². The van der Waals surface area contributed by atoms with Gasteiger partial charge in [0.2, 0.25) is 0 Å². The van der Waals surface area contributed by atoms with Crippen molar-refractivity contribution in [3.05, 3.63) is 24.3 Å². The van der Waals surface area contributed by atoms with E-state index in [1.165, 1.54) is 0 Å². The number of benzene rings is 1. The highest BCUT2D eigenvalue weighted by Gasteiger charge is 2.28. The number of carbonyl (C=O) groups excluding carboxylic acids is 2. The van der Waals surface area contributed by atoms with Crippen LogP contribution in [0, 0.1) is 11.8 Å². The second-order valence-electron chi connectivity index (χ2n) is 10.8. The third kappa shape index (κ3) is 10.1. The summed E-state index contributed by atoms with van der Waals surface area (Å²) in [5.41, 5.74) is 0. The van der Waals surface area contributed by atoms with Crippen LogP contribution < -0.4 is 9.47 Å². The Balaban J connectivity index is 1.28. The van der Waals surface area contributed by atoms with Crippen LogP contribution in [0.1, 0.15) is 90.9 Å². The first kappa shape index (κ1) is 30.2. The molecule has 0 radical (unpaired) electrons. The highest BCUT2D eigenvalue weighted by molar-refractivity contribution is 5.75. The van der Waals surface area contributed by atoms with Crippen molar-refractivity contribution in [3.8, 4) is 11.5 Å². The van der Waals surface area contributed by atoms with Crippen LogP contribution in [-0.4, -0.2) is 49.7 Å². The number of halogens is 2. The van der Waals surface area contributed by atoms with Crippen molar-refractivity contribution in [1.29, 1.82) is 0 Å². The molecule has 38 heavy (non-hydrogen) atoms. The van der Waals surface area contributed by atoms with E-state index in [1.54, 1.807) is 0 Å². The molecular formula is C30H44F2O6. The molecule has 0 spiro atoms. The molecule has 8 heteroatoms. The van der Waals surface area contributed by atoms with Crippen LogP contribution in [0.5, 0.6) is 11.5 Å². The third-order valence-corrected chi connectivity index (χ3v) is 7.54. The van der Waals surface area contributed by atoms with Gasteiger partial charge in [-0.15, -0.1) is 0 Å². The van der Waals surface area contributed by atoms with Gasteiger partial charge in [-0.3, -0.25) is 0 Å². The summed E-state index contributed by atoms with van der Waals surface area (Å²) in [6.45, 7) is 4.89. The molecule has 0 N–H and O–H groups in total. The van der Waals surface area contributed by atoms with Crippen LogP contribution in [0.3, 0.4) is 0 Å². The summed E-state index contributed by atoms with van der Waals surface area (Å²) >= 11 is 0. The number of ether oxygens (including phenoxy) is 4. The van der Waals surface area contributed by atoms with Gasteiger partial charge in [0.15, 0.2) is 12.3 Å². The molecule has 1 aromatic rings. The zero-order valence-corrected chi connectivity index (χ0v) is 22.9. The summed E-state index contributed by atoms with van der Waals surface area (Å²) in [7, 11) is 0. The van der Waals surface area contributed by atoms with Gasteiger partial charge < -0.3 is 18.9 Å². The Morgan fingerprint density at radius 2 is 1.03 bits per heavy atom. The van der Waals surface area contributed by atoms with E-state index in [4.69, 9.17) is 18.9 Å². The van der Waals surface area contributed by atoms with E-state index in [0.717, 1.165) is 62.9 Å². The molecule has 0 aliphatic heterocycles. The maximum absolute atomic E-state index is 13.7. The Morgan fingerprint density at radius 3 is 1.34 bits per heavy atom. The summed E-state index contributed by atoms with van der Waals surface area (Å²) < 4.78 is 49.9. The molecule has 2 atom stereocenters. The molecule has 2 unspecified atom stereocenters. The van der Waals surface area contributed by atoms with Crippen molar-refractivity contribution in [3.63, 3.8) is 0 Å². The summed E-state index contributed by atoms with van der Waals surface area (Å²) in [6.07, 6.45) is 4.78. The maximum atomic E-state index is 13.7. The minimum Gasteiger partial charge on any atom is -0.493 e. The Hall–Kier alpha value is -2.38. The zero-order chi connectivity index (χ0) is 27.3. The fourth-order valence-corrected chi connectivity index (χ4v) is 5.11. The van der Waals surface area contributed by atoms with E-state index in [9.17, 15) is 18.4 Å². The SMILES string of the molecule is CCCC(F)C(=O)OC1CCC(COc2ccc(OCC3CCC(OC(=O)C(F)CCC)CC3)cc2)CC1. The predicted molar refractivity (Wildman–Crippen MR) is 141 cm³/mol. The van der Waals surface area contributed by atoms with E-state index in [1.807, 2.05) is 38.1 Å². The zero-order valence-electron chi connectivity index (χ0n) is 22.9. The Kier molecular flexibility index (Phi) is 12.6. The molecule has 0 saturated heterocycles. The van der Waals surface area contributed by atoms with E-state index in [-0.39, 0.29) is 25.0 Å². The van der Waals surface area contributed by atoms with Crippen LogP contribution in [0.15, 0.2) is 24.3 Å². The number of alkyl halides is 2.